The molecule has 0 N–H and O–H groups in total. The van der Waals surface area contributed by atoms with E-state index in [1.807, 2.05) is 6.07 Å². The van der Waals surface area contributed by atoms with Crippen molar-refractivity contribution in [3.05, 3.63) is 70.7 Å². The zero-order chi connectivity index (χ0) is 15.8. The molecule has 0 spiro atoms. The average molecular weight is 311 g/mol. The molecule has 0 fully saturated rings. The van der Waals surface area contributed by atoms with Crippen molar-refractivity contribution >= 4 is 11.1 Å². The maximum atomic E-state index is 13.2. The molecule has 0 amide bonds. The Balaban J connectivity index is 1.70. The van der Waals surface area contributed by atoms with E-state index < -0.39 is 5.76 Å². The number of oxazole rings is 1. The van der Waals surface area contributed by atoms with Crippen molar-refractivity contribution in [3.63, 3.8) is 0 Å². The Labute approximate surface area is 128 Å². The highest BCUT2D eigenvalue weighted by molar-refractivity contribution is 5.72. The number of fused-ring (bicyclic) bond motifs is 1. The van der Waals surface area contributed by atoms with E-state index in [1.54, 1.807) is 30.3 Å². The minimum absolute atomic E-state index is 0.106. The van der Waals surface area contributed by atoms with E-state index in [9.17, 15) is 9.18 Å². The van der Waals surface area contributed by atoms with Gasteiger partial charge in [-0.05, 0) is 30.3 Å². The van der Waals surface area contributed by atoms with Crippen LogP contribution in [0.25, 0.3) is 22.6 Å². The monoisotopic (exact) mass is 311 g/mol. The van der Waals surface area contributed by atoms with Gasteiger partial charge in [-0.2, -0.15) is 4.98 Å². The highest BCUT2D eigenvalue weighted by Crippen LogP contribution is 2.19. The molecule has 0 saturated carbocycles. The molecule has 2 aromatic carbocycles. The lowest BCUT2D eigenvalue weighted by Crippen LogP contribution is -2.15. The van der Waals surface area contributed by atoms with Gasteiger partial charge in [-0.25, -0.2) is 9.18 Å². The molecule has 6 nitrogen and oxygen atoms in total. The molecular weight excluding hydrogens is 301 g/mol. The standard InChI is InChI=1S/C16H10FN3O3/c17-11-5-3-4-10(8-11)15-18-14(19-23-15)9-20-12-6-1-2-7-13(12)22-16(20)21/h1-8H,9H2. The second kappa shape index (κ2) is 5.20. The third kappa shape index (κ3) is 2.42. The summed E-state index contributed by atoms with van der Waals surface area (Å²) in [5, 5.41) is 3.84. The molecule has 0 aliphatic rings. The number of para-hydroxylation sites is 2. The second-order valence-electron chi connectivity index (χ2n) is 4.95. The molecular formula is C16H10FN3O3. The summed E-state index contributed by atoms with van der Waals surface area (Å²) in [5.41, 5.74) is 1.62. The number of halogens is 1. The number of benzene rings is 2. The Morgan fingerprint density at radius 3 is 2.87 bits per heavy atom. The van der Waals surface area contributed by atoms with Crippen molar-refractivity contribution < 1.29 is 13.3 Å². The normalized spacial score (nSPS) is 11.2. The fourth-order valence-electron chi connectivity index (χ4n) is 2.36. The van der Waals surface area contributed by atoms with Crippen LogP contribution in [0.3, 0.4) is 0 Å². The summed E-state index contributed by atoms with van der Waals surface area (Å²) in [5.74, 6) is -0.388. The molecule has 23 heavy (non-hydrogen) atoms. The molecule has 2 heterocycles. The van der Waals surface area contributed by atoms with Crippen molar-refractivity contribution in [3.8, 4) is 11.5 Å². The zero-order valence-electron chi connectivity index (χ0n) is 11.8. The Hall–Kier alpha value is -3.22. The smallest absolute Gasteiger partial charge is 0.408 e. The van der Waals surface area contributed by atoms with E-state index in [4.69, 9.17) is 8.94 Å². The maximum absolute atomic E-state index is 13.2. The van der Waals surface area contributed by atoms with Gasteiger partial charge < -0.3 is 8.94 Å². The summed E-state index contributed by atoms with van der Waals surface area (Å²) in [6, 6.07) is 12.9. The molecule has 0 saturated heterocycles. The minimum atomic E-state index is -0.497. The lowest BCUT2D eigenvalue weighted by Gasteiger charge is -1.96. The predicted molar refractivity (Wildman–Crippen MR) is 79.3 cm³/mol. The van der Waals surface area contributed by atoms with Crippen molar-refractivity contribution in [2.45, 2.75) is 6.54 Å². The van der Waals surface area contributed by atoms with Crippen LogP contribution in [0.15, 0.2) is 62.3 Å². The lowest BCUT2D eigenvalue weighted by molar-refractivity contribution is 0.418. The summed E-state index contributed by atoms with van der Waals surface area (Å²) in [7, 11) is 0. The quantitative estimate of drug-likeness (QED) is 0.581. The summed E-state index contributed by atoms with van der Waals surface area (Å²) in [6.45, 7) is 0.106. The van der Waals surface area contributed by atoms with Crippen molar-refractivity contribution in [2.75, 3.05) is 0 Å². The number of aromatic nitrogens is 3. The van der Waals surface area contributed by atoms with E-state index in [0.29, 0.717) is 22.5 Å². The van der Waals surface area contributed by atoms with Gasteiger partial charge in [0, 0.05) is 5.56 Å². The molecule has 0 unspecified atom stereocenters. The molecule has 0 bridgehead atoms. The first kappa shape index (κ1) is 13.4. The van der Waals surface area contributed by atoms with Crippen molar-refractivity contribution in [1.29, 1.82) is 0 Å². The first-order valence-electron chi connectivity index (χ1n) is 6.87. The third-order valence-electron chi connectivity index (χ3n) is 3.41. The number of rotatable bonds is 3. The van der Waals surface area contributed by atoms with Crippen LogP contribution in [-0.2, 0) is 6.54 Å². The SMILES string of the molecule is O=c1oc2ccccc2n1Cc1noc(-c2cccc(F)c2)n1. The molecule has 2 aromatic heterocycles. The Morgan fingerprint density at radius 2 is 2.00 bits per heavy atom. The van der Waals surface area contributed by atoms with Crippen molar-refractivity contribution in [2.24, 2.45) is 0 Å². The topological polar surface area (TPSA) is 74.1 Å². The van der Waals surface area contributed by atoms with Crippen LogP contribution < -0.4 is 5.76 Å². The zero-order valence-corrected chi connectivity index (χ0v) is 11.8. The maximum Gasteiger partial charge on any atom is 0.420 e. The number of nitrogens with zero attached hydrogens (tertiary/aromatic N) is 3. The van der Waals surface area contributed by atoms with Gasteiger partial charge in [-0.1, -0.05) is 23.4 Å². The van der Waals surface area contributed by atoms with Gasteiger partial charge in [-0.15, -0.1) is 0 Å². The molecule has 7 heteroatoms. The summed E-state index contributed by atoms with van der Waals surface area (Å²) < 4.78 is 24.9. The number of hydrogen-bond acceptors (Lipinski definition) is 5. The van der Waals surface area contributed by atoms with Gasteiger partial charge in [0.25, 0.3) is 5.89 Å². The highest BCUT2D eigenvalue weighted by atomic mass is 19.1. The van der Waals surface area contributed by atoms with Gasteiger partial charge in [-0.3, -0.25) is 4.57 Å². The molecule has 4 rings (SSSR count). The Bertz CT molecular complexity index is 1050. The Kier molecular flexibility index (Phi) is 3.04. The van der Waals surface area contributed by atoms with E-state index in [0.717, 1.165) is 0 Å². The van der Waals surface area contributed by atoms with Crippen LogP contribution in [0.4, 0.5) is 4.39 Å². The summed E-state index contributed by atoms with van der Waals surface area (Å²) in [6.07, 6.45) is 0. The van der Waals surface area contributed by atoms with E-state index in [1.165, 1.54) is 16.7 Å². The highest BCUT2D eigenvalue weighted by Gasteiger charge is 2.14. The molecule has 0 aliphatic carbocycles. The minimum Gasteiger partial charge on any atom is -0.408 e. The molecule has 0 atom stereocenters. The molecule has 114 valence electrons. The largest absolute Gasteiger partial charge is 0.420 e. The van der Waals surface area contributed by atoms with Crippen LogP contribution in [0.2, 0.25) is 0 Å². The average Bonchev–Trinajstić information content (AvgIpc) is 3.13. The van der Waals surface area contributed by atoms with Crippen LogP contribution in [-0.4, -0.2) is 14.7 Å². The van der Waals surface area contributed by atoms with Gasteiger partial charge >= 0.3 is 5.76 Å². The predicted octanol–water partition coefficient (Wildman–Crippen LogP) is 2.83. The van der Waals surface area contributed by atoms with Crippen molar-refractivity contribution in [1.82, 2.24) is 14.7 Å². The van der Waals surface area contributed by atoms with Crippen LogP contribution in [0, 0.1) is 5.82 Å². The van der Waals surface area contributed by atoms with Gasteiger partial charge in [0.05, 0.1) is 12.1 Å². The molecule has 0 aliphatic heterocycles. The lowest BCUT2D eigenvalue weighted by atomic mass is 10.2. The van der Waals surface area contributed by atoms with Crippen LogP contribution in [0.5, 0.6) is 0 Å². The van der Waals surface area contributed by atoms with Gasteiger partial charge in [0.2, 0.25) is 0 Å². The van der Waals surface area contributed by atoms with E-state index >= 15 is 0 Å². The fourth-order valence-corrected chi connectivity index (χ4v) is 2.36. The summed E-state index contributed by atoms with van der Waals surface area (Å²) in [4.78, 5) is 16.1. The van der Waals surface area contributed by atoms with E-state index in [-0.39, 0.29) is 18.3 Å². The van der Waals surface area contributed by atoms with Gasteiger partial charge in [0.1, 0.15) is 5.82 Å². The third-order valence-corrected chi connectivity index (χ3v) is 3.41. The first-order valence-corrected chi connectivity index (χ1v) is 6.87. The Morgan fingerprint density at radius 1 is 1.13 bits per heavy atom. The van der Waals surface area contributed by atoms with Gasteiger partial charge in [0.15, 0.2) is 11.4 Å². The number of hydrogen-bond donors (Lipinski definition) is 0. The molecule has 4 aromatic rings. The first-order chi connectivity index (χ1) is 11.2. The fraction of sp³-hybridized carbons (Fsp3) is 0.0625. The second-order valence-corrected chi connectivity index (χ2v) is 4.95. The van der Waals surface area contributed by atoms with Crippen LogP contribution >= 0.6 is 0 Å². The summed E-state index contributed by atoms with van der Waals surface area (Å²) >= 11 is 0. The van der Waals surface area contributed by atoms with E-state index in [2.05, 4.69) is 10.1 Å². The molecule has 0 radical (unpaired) electrons. The van der Waals surface area contributed by atoms with Crippen LogP contribution in [0.1, 0.15) is 5.82 Å².